The molecule has 0 aromatic carbocycles. The van der Waals surface area contributed by atoms with Gasteiger partial charge in [0.1, 0.15) is 6.61 Å². The van der Waals surface area contributed by atoms with E-state index in [1.54, 1.807) is 0 Å². The zero-order valence-electron chi connectivity index (χ0n) is 51.4. The number of carbonyl (C=O) groups excluding carboxylic acids is 2. The van der Waals surface area contributed by atoms with Crippen LogP contribution in [0.1, 0.15) is 341 Å². The van der Waals surface area contributed by atoms with Crippen molar-refractivity contribution in [1.29, 1.82) is 0 Å². The summed E-state index contributed by atoms with van der Waals surface area (Å²) in [6, 6.07) is 0. The Labute approximate surface area is 483 Å². The van der Waals surface area contributed by atoms with Crippen LogP contribution in [0.25, 0.3) is 0 Å². The molecule has 0 fully saturated rings. The highest BCUT2D eigenvalue weighted by Gasteiger charge is 2.26. The van der Waals surface area contributed by atoms with Crippen LogP contribution in [0, 0.1) is 0 Å². The molecule has 2 atom stereocenters. The number of phosphoric acid groups is 1. The second-order valence-corrected chi connectivity index (χ2v) is 24.1. The number of ether oxygens (including phenoxy) is 2. The average molecular weight is 1120 g/mol. The van der Waals surface area contributed by atoms with Gasteiger partial charge in [-0.1, -0.05) is 326 Å². The highest BCUT2D eigenvalue weighted by molar-refractivity contribution is 7.47. The summed E-state index contributed by atoms with van der Waals surface area (Å²) >= 11 is 0. The Morgan fingerprint density at radius 1 is 0.397 bits per heavy atom. The summed E-state index contributed by atoms with van der Waals surface area (Å²) in [6.07, 6.45) is 80.6. The average Bonchev–Trinajstić information content (AvgIpc) is 3.43. The van der Waals surface area contributed by atoms with Crippen molar-refractivity contribution in [3.05, 3.63) is 48.6 Å². The van der Waals surface area contributed by atoms with E-state index in [9.17, 15) is 19.0 Å². The van der Waals surface area contributed by atoms with Gasteiger partial charge in [-0.2, -0.15) is 0 Å². The molecule has 0 bridgehead atoms. The fourth-order valence-corrected chi connectivity index (χ4v) is 10.8. The third-order valence-corrected chi connectivity index (χ3v) is 16.0. The molecule has 0 saturated heterocycles. The number of allylic oxidation sites excluding steroid dienone is 8. The summed E-state index contributed by atoms with van der Waals surface area (Å²) in [7, 11) is -4.39. The molecule has 10 heteroatoms. The fraction of sp³-hybridized carbons (Fsp3) is 0.853. The molecule has 0 amide bonds. The van der Waals surface area contributed by atoms with Crippen molar-refractivity contribution in [2.45, 2.75) is 347 Å². The monoisotopic (exact) mass is 1120 g/mol. The van der Waals surface area contributed by atoms with E-state index in [2.05, 4.69) is 62.5 Å². The zero-order chi connectivity index (χ0) is 56.6. The number of esters is 2. The molecule has 0 saturated carbocycles. The molecular formula is C68H128NO8P. The van der Waals surface area contributed by atoms with Crippen LogP contribution in [0.5, 0.6) is 0 Å². The first-order chi connectivity index (χ1) is 38.3. The normalized spacial score (nSPS) is 13.2. The van der Waals surface area contributed by atoms with Gasteiger partial charge in [-0.15, -0.1) is 0 Å². The maximum absolute atomic E-state index is 12.7. The first-order valence-electron chi connectivity index (χ1n) is 33.6. The summed E-state index contributed by atoms with van der Waals surface area (Å²) in [6.45, 7) is 3.69. The van der Waals surface area contributed by atoms with Crippen LogP contribution < -0.4 is 5.73 Å². The molecule has 0 aliphatic carbocycles. The summed E-state index contributed by atoms with van der Waals surface area (Å²) < 4.78 is 33.2. The van der Waals surface area contributed by atoms with Crippen molar-refractivity contribution in [2.24, 2.45) is 5.73 Å². The molecule has 3 N–H and O–H groups in total. The summed E-state index contributed by atoms with van der Waals surface area (Å²) in [5.74, 6) is -0.813. The minimum absolute atomic E-state index is 0.0539. The van der Waals surface area contributed by atoms with E-state index in [1.807, 2.05) is 0 Å². The lowest BCUT2D eigenvalue weighted by molar-refractivity contribution is -0.161. The zero-order valence-corrected chi connectivity index (χ0v) is 52.3. The van der Waals surface area contributed by atoms with E-state index in [0.29, 0.717) is 6.42 Å². The molecule has 9 nitrogen and oxygen atoms in total. The molecule has 458 valence electrons. The van der Waals surface area contributed by atoms with Gasteiger partial charge in [0.2, 0.25) is 0 Å². The lowest BCUT2D eigenvalue weighted by Gasteiger charge is -2.19. The number of unbranched alkanes of at least 4 members (excludes halogenated alkanes) is 43. The number of hydrogen-bond acceptors (Lipinski definition) is 8. The first kappa shape index (κ1) is 76.0. The molecular weight excluding hydrogens is 990 g/mol. The van der Waals surface area contributed by atoms with Gasteiger partial charge in [0.05, 0.1) is 13.2 Å². The van der Waals surface area contributed by atoms with Gasteiger partial charge >= 0.3 is 19.8 Å². The van der Waals surface area contributed by atoms with Crippen molar-refractivity contribution in [1.82, 2.24) is 0 Å². The summed E-state index contributed by atoms with van der Waals surface area (Å²) in [5.41, 5.74) is 5.40. The summed E-state index contributed by atoms with van der Waals surface area (Å²) in [5, 5.41) is 0. The minimum Gasteiger partial charge on any atom is -0.462 e. The quantitative estimate of drug-likeness (QED) is 0.0264. The van der Waals surface area contributed by atoms with Gasteiger partial charge in [-0.05, 0) is 51.4 Å². The van der Waals surface area contributed by atoms with E-state index >= 15 is 0 Å². The van der Waals surface area contributed by atoms with E-state index in [0.717, 1.165) is 64.2 Å². The van der Waals surface area contributed by atoms with E-state index < -0.39 is 26.5 Å². The minimum atomic E-state index is -4.39. The maximum Gasteiger partial charge on any atom is 0.472 e. The third kappa shape index (κ3) is 63.2. The van der Waals surface area contributed by atoms with Crippen molar-refractivity contribution in [2.75, 3.05) is 26.4 Å². The van der Waals surface area contributed by atoms with Crippen LogP contribution in [0.4, 0.5) is 0 Å². The highest BCUT2D eigenvalue weighted by atomic mass is 31.2. The smallest absolute Gasteiger partial charge is 0.462 e. The van der Waals surface area contributed by atoms with Crippen molar-refractivity contribution < 1.29 is 37.6 Å². The van der Waals surface area contributed by atoms with Crippen molar-refractivity contribution in [3.8, 4) is 0 Å². The van der Waals surface area contributed by atoms with Gasteiger partial charge in [0.25, 0.3) is 0 Å². The standard InChI is InChI=1S/C68H128NO8P/c1-3-5-7-9-11-13-15-17-19-21-23-25-27-29-30-31-32-33-34-35-37-38-40-42-44-46-48-50-52-54-56-58-60-67(70)74-64-66(65-76-78(72,73)75-63-62-69)77-68(71)61-59-57-55-53-51-49-47-45-43-41-39-36-28-26-24-22-20-18-16-14-12-10-8-6-4-2/h6,8,12,14,18,20,24,26,66H,3-5,7,9-11,13,15-17,19,21-23,25,27-65,69H2,1-2H3,(H,72,73)/b8-6-,14-12-,20-18-,26-24-. The number of nitrogens with two attached hydrogens (primary N) is 1. The predicted molar refractivity (Wildman–Crippen MR) is 335 cm³/mol. The molecule has 2 unspecified atom stereocenters. The van der Waals surface area contributed by atoms with Crippen LogP contribution in [0.15, 0.2) is 48.6 Å². The van der Waals surface area contributed by atoms with Gasteiger partial charge in [-0.3, -0.25) is 18.6 Å². The topological polar surface area (TPSA) is 134 Å². The lowest BCUT2D eigenvalue weighted by atomic mass is 10.0. The van der Waals surface area contributed by atoms with Crippen LogP contribution in [-0.2, 0) is 32.7 Å². The fourth-order valence-electron chi connectivity index (χ4n) is 10.0. The Bertz CT molecular complexity index is 1420. The molecule has 0 heterocycles. The van der Waals surface area contributed by atoms with Crippen LogP contribution in [0.2, 0.25) is 0 Å². The Balaban J connectivity index is 3.84. The largest absolute Gasteiger partial charge is 0.472 e. The van der Waals surface area contributed by atoms with Crippen LogP contribution in [-0.4, -0.2) is 49.3 Å². The maximum atomic E-state index is 12.7. The van der Waals surface area contributed by atoms with Crippen molar-refractivity contribution >= 4 is 19.8 Å². The van der Waals surface area contributed by atoms with Crippen molar-refractivity contribution in [3.63, 3.8) is 0 Å². The molecule has 78 heavy (non-hydrogen) atoms. The first-order valence-corrected chi connectivity index (χ1v) is 35.1. The Hall–Kier alpha value is -2.03. The number of rotatable bonds is 64. The number of phosphoric ester groups is 1. The van der Waals surface area contributed by atoms with E-state index in [1.165, 1.54) is 244 Å². The van der Waals surface area contributed by atoms with Crippen LogP contribution in [0.3, 0.4) is 0 Å². The molecule has 0 rings (SSSR count). The van der Waals surface area contributed by atoms with Gasteiger partial charge < -0.3 is 20.1 Å². The van der Waals surface area contributed by atoms with E-state index in [4.69, 9.17) is 24.3 Å². The molecule has 0 aromatic heterocycles. The Morgan fingerprint density at radius 2 is 0.705 bits per heavy atom. The van der Waals surface area contributed by atoms with Gasteiger partial charge in [0, 0.05) is 19.4 Å². The van der Waals surface area contributed by atoms with E-state index in [-0.39, 0.29) is 38.6 Å². The molecule has 0 aromatic rings. The number of carbonyl (C=O) groups is 2. The molecule has 0 spiro atoms. The van der Waals surface area contributed by atoms with Crippen LogP contribution >= 0.6 is 7.82 Å². The Morgan fingerprint density at radius 3 is 1.05 bits per heavy atom. The molecule has 0 aliphatic heterocycles. The molecule has 0 aliphatic rings. The molecule has 0 radical (unpaired) electrons. The third-order valence-electron chi connectivity index (χ3n) is 15.0. The Kier molecular flexibility index (Phi) is 62.5. The predicted octanol–water partition coefficient (Wildman–Crippen LogP) is 21.7. The highest BCUT2D eigenvalue weighted by Crippen LogP contribution is 2.43. The SMILES string of the molecule is CC/C=C\C/C=C\C/C=C\C/C=C\CCCCCCCCCCCCCCC(=O)OC(COC(=O)CCCCCCCCCCCCCCCCCCCCCCCCCCCCCCCCCC)COP(=O)(O)OCCN. The number of hydrogen-bond donors (Lipinski definition) is 2. The second-order valence-electron chi connectivity index (χ2n) is 22.7. The lowest BCUT2D eigenvalue weighted by Crippen LogP contribution is -2.29. The summed E-state index contributed by atoms with van der Waals surface area (Å²) in [4.78, 5) is 35.3. The van der Waals surface area contributed by atoms with Gasteiger partial charge in [-0.25, -0.2) is 4.57 Å². The second kappa shape index (κ2) is 64.1. The van der Waals surface area contributed by atoms with Gasteiger partial charge in [0.15, 0.2) is 6.10 Å².